The van der Waals surface area contributed by atoms with Gasteiger partial charge in [0.2, 0.25) is 5.91 Å². The molecule has 0 aromatic carbocycles. The van der Waals surface area contributed by atoms with Crippen molar-refractivity contribution in [1.29, 1.82) is 0 Å². The van der Waals surface area contributed by atoms with Crippen molar-refractivity contribution in [3.8, 4) is 0 Å². The van der Waals surface area contributed by atoms with Crippen molar-refractivity contribution in [1.82, 2.24) is 9.80 Å². The molecule has 3 fully saturated rings. The molecule has 0 radical (unpaired) electrons. The predicted octanol–water partition coefficient (Wildman–Crippen LogP) is 1.19. The van der Waals surface area contributed by atoms with Crippen LogP contribution in [0.25, 0.3) is 0 Å². The van der Waals surface area contributed by atoms with Crippen LogP contribution in [0, 0.1) is 0 Å². The summed E-state index contributed by atoms with van der Waals surface area (Å²) in [5.74, 6) is 0.376. The minimum Gasteiger partial charge on any atom is -0.317 e. The summed E-state index contributed by atoms with van der Waals surface area (Å²) in [7, 11) is 0. The first kappa shape index (κ1) is 8.72. The van der Waals surface area contributed by atoms with E-state index in [0.717, 1.165) is 6.54 Å². The number of amides is 1. The van der Waals surface area contributed by atoms with E-state index in [1.54, 1.807) is 0 Å². The Hall–Kier alpha value is -0.570. The van der Waals surface area contributed by atoms with E-state index in [-0.39, 0.29) is 0 Å². The smallest absolute Gasteiger partial charge is 0.238 e. The lowest BCUT2D eigenvalue weighted by Gasteiger charge is -2.17. The highest BCUT2D eigenvalue weighted by Crippen LogP contribution is 2.40. The average molecular weight is 194 g/mol. The van der Waals surface area contributed by atoms with Gasteiger partial charge in [-0.05, 0) is 12.8 Å². The number of carbonyl (C=O) groups excluding carboxylic acids is 1. The van der Waals surface area contributed by atoms with Crippen LogP contribution in [0.4, 0.5) is 0 Å². The fraction of sp³-hybridized carbons (Fsp3) is 0.909. The van der Waals surface area contributed by atoms with Crippen LogP contribution in [0.2, 0.25) is 0 Å². The number of carbonyl (C=O) groups is 1. The summed E-state index contributed by atoms with van der Waals surface area (Å²) in [6.45, 7) is 1.84. The summed E-state index contributed by atoms with van der Waals surface area (Å²) in [6.07, 6.45) is 8.46. The zero-order chi connectivity index (χ0) is 9.54. The molecular weight excluding hydrogens is 176 g/mol. The SMILES string of the molecule is O=C1CN2CCCCCCCC3[C@@H]2N13. The van der Waals surface area contributed by atoms with Gasteiger partial charge in [0.15, 0.2) is 0 Å². The number of nitrogens with zero attached hydrogens (tertiary/aromatic N) is 2. The first-order valence-electron chi connectivity index (χ1n) is 5.93. The Morgan fingerprint density at radius 3 is 2.79 bits per heavy atom. The van der Waals surface area contributed by atoms with Gasteiger partial charge in [0.1, 0.15) is 6.17 Å². The van der Waals surface area contributed by atoms with Crippen molar-refractivity contribution >= 4 is 5.91 Å². The van der Waals surface area contributed by atoms with Crippen molar-refractivity contribution in [3.05, 3.63) is 0 Å². The Kier molecular flexibility index (Phi) is 2.01. The predicted molar refractivity (Wildman–Crippen MR) is 53.7 cm³/mol. The van der Waals surface area contributed by atoms with E-state index < -0.39 is 0 Å². The number of fused-ring (bicyclic) bond motifs is 1. The molecule has 0 aromatic heterocycles. The van der Waals surface area contributed by atoms with Crippen LogP contribution >= 0.6 is 0 Å². The molecule has 0 spiro atoms. The van der Waals surface area contributed by atoms with Gasteiger partial charge in [-0.1, -0.05) is 25.7 Å². The highest BCUT2D eigenvalue weighted by atomic mass is 16.2. The topological polar surface area (TPSA) is 23.3 Å². The van der Waals surface area contributed by atoms with Gasteiger partial charge in [0, 0.05) is 6.54 Å². The first-order valence-corrected chi connectivity index (χ1v) is 5.93. The molecule has 1 unspecified atom stereocenters. The lowest BCUT2D eigenvalue weighted by molar-refractivity contribution is -0.124. The fourth-order valence-electron chi connectivity index (χ4n) is 3.06. The molecule has 2 atom stereocenters. The van der Waals surface area contributed by atoms with Crippen molar-refractivity contribution in [3.63, 3.8) is 0 Å². The Labute approximate surface area is 85.1 Å². The van der Waals surface area contributed by atoms with E-state index in [2.05, 4.69) is 9.80 Å². The lowest BCUT2D eigenvalue weighted by Crippen LogP contribution is -2.31. The minimum atomic E-state index is 0.376. The molecule has 0 aromatic rings. The van der Waals surface area contributed by atoms with Crippen LogP contribution in [0.3, 0.4) is 0 Å². The molecule has 78 valence electrons. The summed E-state index contributed by atoms with van der Waals surface area (Å²) < 4.78 is 0. The van der Waals surface area contributed by atoms with Gasteiger partial charge in [-0.2, -0.15) is 0 Å². The quantitative estimate of drug-likeness (QED) is 0.541. The maximum Gasteiger partial charge on any atom is 0.238 e. The highest BCUT2D eigenvalue weighted by molar-refractivity contribution is 5.84. The summed E-state index contributed by atoms with van der Waals surface area (Å²) in [4.78, 5) is 16.1. The number of hydrogen-bond donors (Lipinski definition) is 0. The zero-order valence-corrected chi connectivity index (χ0v) is 8.61. The molecule has 3 aliphatic rings. The summed E-state index contributed by atoms with van der Waals surface area (Å²) >= 11 is 0. The zero-order valence-electron chi connectivity index (χ0n) is 8.61. The van der Waals surface area contributed by atoms with Gasteiger partial charge in [-0.3, -0.25) is 9.69 Å². The normalized spacial score (nSPS) is 38.3. The second-order valence-electron chi connectivity index (χ2n) is 4.81. The first-order chi connectivity index (χ1) is 6.88. The molecule has 0 bridgehead atoms. The minimum absolute atomic E-state index is 0.376. The Morgan fingerprint density at radius 1 is 1.07 bits per heavy atom. The number of rotatable bonds is 0. The molecule has 3 nitrogen and oxygen atoms in total. The summed E-state index contributed by atoms with van der Waals surface area (Å²) in [6, 6.07) is 0.592. The van der Waals surface area contributed by atoms with Crippen LogP contribution in [-0.4, -0.2) is 41.0 Å². The van der Waals surface area contributed by atoms with Crippen LogP contribution in [-0.2, 0) is 4.79 Å². The third kappa shape index (κ3) is 1.26. The largest absolute Gasteiger partial charge is 0.317 e. The third-order valence-electron chi connectivity index (χ3n) is 3.84. The molecule has 3 rings (SSSR count). The Bertz CT molecular complexity index is 254. The molecule has 3 saturated heterocycles. The van der Waals surface area contributed by atoms with Gasteiger partial charge in [0.25, 0.3) is 0 Å². The van der Waals surface area contributed by atoms with Crippen molar-refractivity contribution in [2.75, 3.05) is 13.1 Å². The van der Waals surface area contributed by atoms with Crippen molar-refractivity contribution in [2.24, 2.45) is 0 Å². The third-order valence-corrected chi connectivity index (χ3v) is 3.84. The van der Waals surface area contributed by atoms with Gasteiger partial charge < -0.3 is 4.90 Å². The van der Waals surface area contributed by atoms with Gasteiger partial charge >= 0.3 is 0 Å². The average Bonchev–Trinajstić information content (AvgIpc) is 2.79. The van der Waals surface area contributed by atoms with E-state index in [4.69, 9.17) is 0 Å². The van der Waals surface area contributed by atoms with E-state index in [1.807, 2.05) is 0 Å². The fourth-order valence-corrected chi connectivity index (χ4v) is 3.06. The Morgan fingerprint density at radius 2 is 1.86 bits per heavy atom. The van der Waals surface area contributed by atoms with E-state index >= 15 is 0 Å². The van der Waals surface area contributed by atoms with E-state index in [9.17, 15) is 4.79 Å². The molecule has 0 saturated carbocycles. The maximum atomic E-state index is 11.6. The monoisotopic (exact) mass is 194 g/mol. The molecule has 3 heteroatoms. The summed E-state index contributed by atoms with van der Waals surface area (Å²) in [5, 5.41) is 0. The maximum absolute atomic E-state index is 11.6. The standard InChI is InChI=1S/C11H18N2O/c14-10-8-12-7-5-3-1-2-4-6-9-11(12)13(9)10/h9,11H,1-8H2/t9?,11-,13?/m0/s1. The highest BCUT2D eigenvalue weighted by Gasteiger charge is 2.58. The molecule has 14 heavy (non-hydrogen) atoms. The second-order valence-corrected chi connectivity index (χ2v) is 4.81. The Balaban J connectivity index is 1.70. The second kappa shape index (κ2) is 3.23. The van der Waals surface area contributed by atoms with Gasteiger partial charge in [-0.15, -0.1) is 0 Å². The lowest BCUT2D eigenvalue weighted by atomic mass is 10.1. The van der Waals surface area contributed by atoms with Crippen LogP contribution in [0.1, 0.15) is 38.5 Å². The van der Waals surface area contributed by atoms with E-state index in [0.29, 0.717) is 24.7 Å². The number of piperazine rings is 1. The molecule has 0 aliphatic carbocycles. The van der Waals surface area contributed by atoms with Gasteiger partial charge in [0.05, 0.1) is 12.6 Å². The van der Waals surface area contributed by atoms with E-state index in [1.165, 1.54) is 38.5 Å². The molecule has 3 heterocycles. The molecular formula is C11H18N2O. The van der Waals surface area contributed by atoms with Crippen molar-refractivity contribution in [2.45, 2.75) is 50.7 Å². The molecule has 0 N–H and O–H groups in total. The van der Waals surface area contributed by atoms with Gasteiger partial charge in [-0.25, -0.2) is 0 Å². The molecule has 1 amide bonds. The number of hydrogen-bond acceptors (Lipinski definition) is 2. The summed E-state index contributed by atoms with van der Waals surface area (Å²) in [5.41, 5.74) is 0. The van der Waals surface area contributed by atoms with Crippen LogP contribution < -0.4 is 0 Å². The molecule has 3 aliphatic heterocycles. The van der Waals surface area contributed by atoms with Crippen LogP contribution in [0.15, 0.2) is 0 Å². The van der Waals surface area contributed by atoms with Crippen molar-refractivity contribution < 1.29 is 4.79 Å². The van der Waals surface area contributed by atoms with Crippen LogP contribution in [0.5, 0.6) is 0 Å².